The number of ketones is 1. The first kappa shape index (κ1) is 22.7. The lowest BCUT2D eigenvalue weighted by Crippen LogP contribution is -2.51. The lowest BCUT2D eigenvalue weighted by Gasteiger charge is -2.51. The van der Waals surface area contributed by atoms with Crippen molar-refractivity contribution in [3.8, 4) is 5.75 Å². The highest BCUT2D eigenvalue weighted by atomic mass is 79.9. The minimum atomic E-state index is -0.0932. The molecule has 174 valence electrons. The molecule has 0 spiro atoms. The first-order chi connectivity index (χ1) is 16.4. The number of Topliss-reactive ketones (excluding diaryl/α,β-unsaturated/α-hetero) is 1. The van der Waals surface area contributed by atoms with Crippen LogP contribution in [-0.2, 0) is 4.79 Å². The summed E-state index contributed by atoms with van der Waals surface area (Å²) >= 11 is 3.59. The number of methoxy groups -OCH3 is 1. The van der Waals surface area contributed by atoms with Crippen LogP contribution in [0.5, 0.6) is 5.75 Å². The number of hydrogen-bond donors (Lipinski definition) is 0. The van der Waals surface area contributed by atoms with Crippen LogP contribution in [0.25, 0.3) is 0 Å². The smallest absolute Gasteiger partial charge is 0.162 e. The SMILES string of the molecule is COc1ccc(N2CC3=C(CC(C)(C)CC3=O)N(c3ccccc3)C2c2ccc(Br)cc2)cc1. The van der Waals surface area contributed by atoms with Gasteiger partial charge in [-0.25, -0.2) is 0 Å². The molecule has 3 aromatic carbocycles. The zero-order valence-electron chi connectivity index (χ0n) is 19.8. The maximum Gasteiger partial charge on any atom is 0.162 e. The van der Waals surface area contributed by atoms with Crippen molar-refractivity contribution in [2.24, 2.45) is 5.41 Å². The monoisotopic (exact) mass is 516 g/mol. The molecular formula is C29H29BrN2O2. The number of carbonyl (C=O) groups is 1. The number of halogens is 1. The number of anilines is 2. The van der Waals surface area contributed by atoms with Gasteiger partial charge in [0.05, 0.1) is 13.7 Å². The number of carbonyl (C=O) groups excluding carboxylic acids is 1. The van der Waals surface area contributed by atoms with Crippen LogP contribution in [0.4, 0.5) is 11.4 Å². The summed E-state index contributed by atoms with van der Waals surface area (Å²) in [6.07, 6.45) is 1.35. The third-order valence-electron chi connectivity index (χ3n) is 6.74. The van der Waals surface area contributed by atoms with Crippen LogP contribution < -0.4 is 14.5 Å². The van der Waals surface area contributed by atoms with Crippen LogP contribution in [-0.4, -0.2) is 19.4 Å². The largest absolute Gasteiger partial charge is 0.497 e. The number of rotatable bonds is 4. The van der Waals surface area contributed by atoms with Gasteiger partial charge in [-0.3, -0.25) is 4.79 Å². The molecule has 0 aromatic heterocycles. The summed E-state index contributed by atoms with van der Waals surface area (Å²) in [5.41, 5.74) is 5.31. The van der Waals surface area contributed by atoms with E-state index in [2.05, 4.69) is 100 Å². The molecule has 0 fully saturated rings. The van der Waals surface area contributed by atoms with E-state index in [0.717, 1.165) is 39.3 Å². The molecule has 1 aliphatic carbocycles. The second-order valence-corrected chi connectivity index (χ2v) is 10.7. The van der Waals surface area contributed by atoms with Crippen molar-refractivity contribution >= 4 is 33.1 Å². The van der Waals surface area contributed by atoms with Crippen LogP contribution in [0.1, 0.15) is 38.4 Å². The maximum atomic E-state index is 13.4. The molecule has 1 heterocycles. The normalized spacial score (nSPS) is 19.8. The number of allylic oxidation sites excluding steroid dienone is 1. The number of nitrogens with zero attached hydrogens (tertiary/aromatic N) is 2. The average molecular weight is 517 g/mol. The second kappa shape index (κ2) is 8.95. The summed E-state index contributed by atoms with van der Waals surface area (Å²) < 4.78 is 6.44. The molecule has 1 aliphatic heterocycles. The number of ether oxygens (including phenoxy) is 1. The van der Waals surface area contributed by atoms with Crippen LogP contribution in [0.15, 0.2) is 94.6 Å². The van der Waals surface area contributed by atoms with E-state index >= 15 is 0 Å². The molecule has 0 bridgehead atoms. The molecule has 0 saturated carbocycles. The van der Waals surface area contributed by atoms with Crippen molar-refractivity contribution in [1.82, 2.24) is 0 Å². The summed E-state index contributed by atoms with van der Waals surface area (Å²) in [7, 11) is 1.68. The van der Waals surface area contributed by atoms with Gasteiger partial charge in [-0.1, -0.05) is 60.1 Å². The highest BCUT2D eigenvalue weighted by molar-refractivity contribution is 9.10. The van der Waals surface area contributed by atoms with E-state index in [9.17, 15) is 4.79 Å². The molecule has 5 rings (SSSR count). The third-order valence-corrected chi connectivity index (χ3v) is 7.26. The Labute approximate surface area is 210 Å². The van der Waals surface area contributed by atoms with Crippen molar-refractivity contribution in [2.75, 3.05) is 23.5 Å². The molecule has 3 aromatic rings. The maximum absolute atomic E-state index is 13.4. The van der Waals surface area contributed by atoms with Gasteiger partial charge < -0.3 is 14.5 Å². The Balaban J connectivity index is 1.73. The van der Waals surface area contributed by atoms with Crippen LogP contribution >= 0.6 is 15.9 Å². The summed E-state index contributed by atoms with van der Waals surface area (Å²) in [5.74, 6) is 1.07. The number of benzene rings is 3. The zero-order chi connectivity index (χ0) is 23.9. The van der Waals surface area contributed by atoms with Gasteiger partial charge in [-0.05, 0) is 65.9 Å². The van der Waals surface area contributed by atoms with E-state index in [1.54, 1.807) is 7.11 Å². The minimum absolute atomic E-state index is 0.0739. The Morgan fingerprint density at radius 2 is 1.56 bits per heavy atom. The molecule has 0 N–H and O–H groups in total. The molecule has 1 atom stereocenters. The standard InChI is InChI=1S/C29H29BrN2O2/c1-29(2)17-26-25(27(33)18-29)19-31(22-13-15-24(34-3)16-14-22)28(20-9-11-21(30)12-10-20)32(26)23-7-5-4-6-8-23/h4-16,28H,17-19H2,1-3H3. The molecule has 1 unspecified atom stereocenters. The highest BCUT2D eigenvalue weighted by Crippen LogP contribution is 2.48. The first-order valence-corrected chi connectivity index (χ1v) is 12.4. The summed E-state index contributed by atoms with van der Waals surface area (Å²) in [6.45, 7) is 4.98. The van der Waals surface area contributed by atoms with Gasteiger partial charge >= 0.3 is 0 Å². The van der Waals surface area contributed by atoms with E-state index < -0.39 is 0 Å². The van der Waals surface area contributed by atoms with Crippen molar-refractivity contribution in [1.29, 1.82) is 0 Å². The van der Waals surface area contributed by atoms with Crippen LogP contribution in [0.2, 0.25) is 0 Å². The average Bonchev–Trinajstić information content (AvgIpc) is 2.83. The predicted molar refractivity (Wildman–Crippen MR) is 141 cm³/mol. The third kappa shape index (κ3) is 4.25. The Bertz CT molecular complexity index is 1220. The van der Waals surface area contributed by atoms with Gasteiger partial charge in [-0.2, -0.15) is 0 Å². The molecule has 0 radical (unpaired) electrons. The molecule has 34 heavy (non-hydrogen) atoms. The van der Waals surface area contributed by atoms with E-state index in [1.165, 1.54) is 5.56 Å². The van der Waals surface area contributed by atoms with Crippen molar-refractivity contribution in [2.45, 2.75) is 32.9 Å². The van der Waals surface area contributed by atoms with Gasteiger partial charge in [0.2, 0.25) is 0 Å². The molecule has 2 aliphatic rings. The van der Waals surface area contributed by atoms with Crippen molar-refractivity contribution in [3.63, 3.8) is 0 Å². The summed E-state index contributed by atoms with van der Waals surface area (Å²) in [6, 6.07) is 27.1. The summed E-state index contributed by atoms with van der Waals surface area (Å²) in [4.78, 5) is 18.2. The Morgan fingerprint density at radius 1 is 0.882 bits per heavy atom. The van der Waals surface area contributed by atoms with E-state index in [-0.39, 0.29) is 17.4 Å². The van der Waals surface area contributed by atoms with Gasteiger partial charge in [0.1, 0.15) is 11.9 Å². The number of hydrogen-bond acceptors (Lipinski definition) is 4. The Hall–Kier alpha value is -3.05. The van der Waals surface area contributed by atoms with E-state index in [1.807, 2.05) is 18.2 Å². The second-order valence-electron chi connectivity index (χ2n) is 9.82. The quantitative estimate of drug-likeness (QED) is 0.369. The van der Waals surface area contributed by atoms with Crippen LogP contribution in [0.3, 0.4) is 0 Å². The fraction of sp³-hybridized carbons (Fsp3) is 0.276. The predicted octanol–water partition coefficient (Wildman–Crippen LogP) is 7.13. The fourth-order valence-electron chi connectivity index (χ4n) is 5.13. The van der Waals surface area contributed by atoms with E-state index in [4.69, 9.17) is 4.74 Å². The number of para-hydroxylation sites is 1. The highest BCUT2D eigenvalue weighted by Gasteiger charge is 2.43. The topological polar surface area (TPSA) is 32.8 Å². The first-order valence-electron chi connectivity index (χ1n) is 11.6. The fourth-order valence-corrected chi connectivity index (χ4v) is 5.40. The van der Waals surface area contributed by atoms with E-state index in [0.29, 0.717) is 13.0 Å². The summed E-state index contributed by atoms with van der Waals surface area (Å²) in [5, 5.41) is 0. The molecule has 0 saturated heterocycles. The van der Waals surface area contributed by atoms with Gasteiger partial charge in [-0.15, -0.1) is 0 Å². The zero-order valence-corrected chi connectivity index (χ0v) is 21.4. The molecular weight excluding hydrogens is 488 g/mol. The Kier molecular flexibility index (Phi) is 5.98. The lowest BCUT2D eigenvalue weighted by atomic mass is 9.74. The van der Waals surface area contributed by atoms with Crippen LogP contribution in [0, 0.1) is 5.41 Å². The Morgan fingerprint density at radius 3 is 2.21 bits per heavy atom. The molecule has 5 heteroatoms. The van der Waals surface area contributed by atoms with Gasteiger partial charge in [0.15, 0.2) is 5.78 Å². The minimum Gasteiger partial charge on any atom is -0.497 e. The van der Waals surface area contributed by atoms with Gasteiger partial charge in [0, 0.05) is 33.5 Å². The van der Waals surface area contributed by atoms with Crippen molar-refractivity contribution < 1.29 is 9.53 Å². The molecule has 4 nitrogen and oxygen atoms in total. The van der Waals surface area contributed by atoms with Gasteiger partial charge in [0.25, 0.3) is 0 Å². The molecule has 0 amide bonds. The van der Waals surface area contributed by atoms with Crippen molar-refractivity contribution in [3.05, 3.63) is 100 Å². The lowest BCUT2D eigenvalue weighted by molar-refractivity contribution is -0.118.